The van der Waals surface area contributed by atoms with Crippen molar-refractivity contribution in [3.63, 3.8) is 0 Å². The zero-order valence-electron chi connectivity index (χ0n) is 13.4. The summed E-state index contributed by atoms with van der Waals surface area (Å²) in [4.78, 5) is 19.2. The normalized spacial score (nSPS) is 23.9. The zero-order valence-corrected chi connectivity index (χ0v) is 13.4. The van der Waals surface area contributed by atoms with E-state index in [9.17, 15) is 4.79 Å². The fourth-order valence-electron chi connectivity index (χ4n) is 3.14. The van der Waals surface area contributed by atoms with Crippen molar-refractivity contribution in [1.29, 1.82) is 0 Å². The third-order valence-electron chi connectivity index (χ3n) is 4.33. The van der Waals surface area contributed by atoms with Gasteiger partial charge in [0, 0.05) is 6.07 Å². The molecule has 2 atom stereocenters. The summed E-state index contributed by atoms with van der Waals surface area (Å²) in [5, 5.41) is 3.26. The molecular formula is C18H17N3O3. The van der Waals surface area contributed by atoms with Crippen LogP contribution >= 0.6 is 0 Å². The van der Waals surface area contributed by atoms with Crippen LogP contribution in [0.1, 0.15) is 11.6 Å². The lowest BCUT2D eigenvalue weighted by atomic mass is 10.0. The van der Waals surface area contributed by atoms with Gasteiger partial charge in [-0.15, -0.1) is 0 Å². The molecule has 3 aliphatic rings. The molecule has 6 nitrogen and oxygen atoms in total. The fourth-order valence-corrected chi connectivity index (χ4v) is 3.14. The number of methoxy groups -OCH3 is 2. The summed E-state index contributed by atoms with van der Waals surface area (Å²) in [6.45, 7) is 0. The molecule has 24 heavy (non-hydrogen) atoms. The molecule has 1 aromatic carbocycles. The Hall–Kier alpha value is -3.02. The van der Waals surface area contributed by atoms with E-state index in [1.807, 2.05) is 36.4 Å². The van der Waals surface area contributed by atoms with Gasteiger partial charge in [0.1, 0.15) is 23.4 Å². The van der Waals surface area contributed by atoms with Gasteiger partial charge >= 0.3 is 0 Å². The average molecular weight is 323 g/mol. The molecule has 1 N–H and O–H groups in total. The number of ether oxygens (including phenoxy) is 2. The Morgan fingerprint density at radius 2 is 1.88 bits per heavy atom. The molecule has 0 radical (unpaired) electrons. The predicted octanol–water partition coefficient (Wildman–Crippen LogP) is 1.92. The van der Waals surface area contributed by atoms with E-state index in [-0.39, 0.29) is 11.9 Å². The third-order valence-corrected chi connectivity index (χ3v) is 4.33. The third kappa shape index (κ3) is 2.19. The van der Waals surface area contributed by atoms with E-state index in [4.69, 9.17) is 9.47 Å². The molecule has 2 unspecified atom stereocenters. The molecular weight excluding hydrogens is 306 g/mol. The van der Waals surface area contributed by atoms with E-state index in [0.29, 0.717) is 17.3 Å². The molecule has 2 heterocycles. The second-order valence-electron chi connectivity index (χ2n) is 5.69. The number of carbonyl (C=O) groups excluding carboxylic acids is 1. The Kier molecular flexibility index (Phi) is 3.37. The first-order chi connectivity index (χ1) is 11.7. The number of allylic oxidation sites excluding steroid dienone is 2. The predicted molar refractivity (Wildman–Crippen MR) is 89.9 cm³/mol. The van der Waals surface area contributed by atoms with E-state index < -0.39 is 6.04 Å². The lowest BCUT2D eigenvalue weighted by Crippen LogP contribution is -2.42. The quantitative estimate of drug-likeness (QED) is 0.923. The number of nitrogens with zero attached hydrogens (tertiary/aromatic N) is 2. The molecule has 1 amide bonds. The van der Waals surface area contributed by atoms with Crippen molar-refractivity contribution >= 4 is 11.6 Å². The summed E-state index contributed by atoms with van der Waals surface area (Å²) in [5.41, 5.74) is 1.66. The van der Waals surface area contributed by atoms with Crippen molar-refractivity contribution in [2.45, 2.75) is 12.1 Å². The lowest BCUT2D eigenvalue weighted by Gasteiger charge is -2.29. The lowest BCUT2D eigenvalue weighted by molar-refractivity contribution is -0.128. The maximum absolute atomic E-state index is 13.0. The molecule has 122 valence electrons. The molecule has 0 saturated carbocycles. The Morgan fingerprint density at radius 3 is 2.58 bits per heavy atom. The van der Waals surface area contributed by atoms with Crippen molar-refractivity contribution in [3.8, 4) is 11.5 Å². The highest BCUT2D eigenvalue weighted by Crippen LogP contribution is 2.34. The molecule has 0 aromatic heterocycles. The number of hydrogen-bond acceptors (Lipinski definition) is 5. The summed E-state index contributed by atoms with van der Waals surface area (Å²) in [5.74, 6) is 1.99. The number of carbonyl (C=O) groups is 1. The Bertz CT molecular complexity index is 801. The number of hydrogen-bond donors (Lipinski definition) is 1. The standard InChI is InChI=1S/C18H17N3O3/c1-23-12-7-11(8-13(9-12)24-2)17-18(22)21-15-6-4-3-5-14(15)19-10-16(21)20-17/h3-10,15,17,20H,1-2H3. The molecule has 1 fully saturated rings. The van der Waals surface area contributed by atoms with Crippen molar-refractivity contribution in [1.82, 2.24) is 10.2 Å². The van der Waals surface area contributed by atoms with Crippen LogP contribution in [0, 0.1) is 0 Å². The molecule has 0 bridgehead atoms. The van der Waals surface area contributed by atoms with Crippen molar-refractivity contribution < 1.29 is 14.3 Å². The monoisotopic (exact) mass is 323 g/mol. The van der Waals surface area contributed by atoms with Crippen LogP contribution in [0.15, 0.2) is 59.5 Å². The van der Waals surface area contributed by atoms with Crippen LogP contribution in [-0.4, -0.2) is 36.8 Å². The molecule has 6 heteroatoms. The van der Waals surface area contributed by atoms with E-state index >= 15 is 0 Å². The van der Waals surface area contributed by atoms with E-state index in [1.54, 1.807) is 31.4 Å². The second kappa shape index (κ2) is 5.56. The number of fused-ring (bicyclic) bond motifs is 3. The van der Waals surface area contributed by atoms with Crippen LogP contribution in [0.3, 0.4) is 0 Å². The summed E-state index contributed by atoms with van der Waals surface area (Å²) in [6.07, 6.45) is 9.45. The summed E-state index contributed by atoms with van der Waals surface area (Å²) in [6, 6.07) is 4.82. The van der Waals surface area contributed by atoms with Gasteiger partial charge in [-0.2, -0.15) is 0 Å². The van der Waals surface area contributed by atoms with Crippen LogP contribution in [0.4, 0.5) is 0 Å². The highest BCUT2D eigenvalue weighted by atomic mass is 16.5. The van der Waals surface area contributed by atoms with Crippen LogP contribution in [0.5, 0.6) is 11.5 Å². The smallest absolute Gasteiger partial charge is 0.256 e. The average Bonchev–Trinajstić information content (AvgIpc) is 2.98. The molecule has 2 aliphatic heterocycles. The number of amides is 1. The largest absolute Gasteiger partial charge is 0.497 e. The van der Waals surface area contributed by atoms with Crippen LogP contribution in [0.2, 0.25) is 0 Å². The van der Waals surface area contributed by atoms with Crippen molar-refractivity contribution in [2.24, 2.45) is 4.99 Å². The first-order valence-electron chi connectivity index (χ1n) is 7.66. The van der Waals surface area contributed by atoms with Gasteiger partial charge in [-0.25, -0.2) is 0 Å². The minimum absolute atomic E-state index is 0.0195. The van der Waals surface area contributed by atoms with Crippen LogP contribution < -0.4 is 14.8 Å². The van der Waals surface area contributed by atoms with Crippen LogP contribution in [-0.2, 0) is 4.79 Å². The fraction of sp³-hybridized carbons (Fsp3) is 0.222. The highest BCUT2D eigenvalue weighted by molar-refractivity contribution is 6.06. The Morgan fingerprint density at radius 1 is 1.12 bits per heavy atom. The summed E-state index contributed by atoms with van der Waals surface area (Å²) >= 11 is 0. The summed E-state index contributed by atoms with van der Waals surface area (Å²) in [7, 11) is 3.18. The number of rotatable bonds is 3. The Balaban J connectivity index is 1.70. The molecule has 1 saturated heterocycles. The SMILES string of the molecule is COc1cc(OC)cc(C2NC3=CN=C4C=CC=CC4N3C2=O)c1. The minimum Gasteiger partial charge on any atom is -0.497 e. The van der Waals surface area contributed by atoms with E-state index in [2.05, 4.69) is 10.3 Å². The second-order valence-corrected chi connectivity index (χ2v) is 5.69. The number of nitrogens with one attached hydrogen (secondary N) is 1. The topological polar surface area (TPSA) is 63.2 Å². The van der Waals surface area contributed by atoms with Gasteiger partial charge in [0.15, 0.2) is 0 Å². The van der Waals surface area contributed by atoms with Crippen LogP contribution in [0.25, 0.3) is 0 Å². The maximum atomic E-state index is 13.0. The van der Waals surface area contributed by atoms with Crippen molar-refractivity contribution in [3.05, 3.63) is 60.1 Å². The van der Waals surface area contributed by atoms with Crippen molar-refractivity contribution in [2.75, 3.05) is 14.2 Å². The minimum atomic E-state index is -0.492. The van der Waals surface area contributed by atoms with Gasteiger partial charge in [-0.3, -0.25) is 14.7 Å². The van der Waals surface area contributed by atoms with Gasteiger partial charge in [0.25, 0.3) is 5.91 Å². The van der Waals surface area contributed by atoms with E-state index in [1.165, 1.54) is 0 Å². The van der Waals surface area contributed by atoms with Gasteiger partial charge in [0.2, 0.25) is 0 Å². The zero-order chi connectivity index (χ0) is 16.7. The molecule has 1 aromatic rings. The van der Waals surface area contributed by atoms with Gasteiger partial charge in [-0.05, 0) is 23.8 Å². The first kappa shape index (κ1) is 14.6. The Labute approximate surface area is 139 Å². The summed E-state index contributed by atoms with van der Waals surface area (Å²) < 4.78 is 10.6. The van der Waals surface area contributed by atoms with Gasteiger partial charge in [0.05, 0.1) is 32.2 Å². The first-order valence-corrected chi connectivity index (χ1v) is 7.66. The number of benzene rings is 1. The van der Waals surface area contributed by atoms with Gasteiger partial charge in [-0.1, -0.05) is 18.2 Å². The molecule has 1 aliphatic carbocycles. The van der Waals surface area contributed by atoms with Gasteiger partial charge < -0.3 is 14.8 Å². The maximum Gasteiger partial charge on any atom is 0.256 e. The molecule has 0 spiro atoms. The number of aliphatic imine (C=N–C) groups is 1. The van der Waals surface area contributed by atoms with E-state index in [0.717, 1.165) is 11.3 Å². The highest BCUT2D eigenvalue weighted by Gasteiger charge is 2.42. The molecule has 4 rings (SSSR count).